The first kappa shape index (κ1) is 17.1. The number of hydrogen-bond acceptors (Lipinski definition) is 6. The molecule has 0 aliphatic rings. The number of halogens is 1. The monoisotopic (exact) mass is 375 g/mol. The van der Waals surface area contributed by atoms with E-state index >= 15 is 0 Å². The molecule has 0 saturated carbocycles. The molecule has 0 aliphatic heterocycles. The third kappa shape index (κ3) is 4.65. The van der Waals surface area contributed by atoms with Gasteiger partial charge in [-0.2, -0.15) is 4.98 Å². The summed E-state index contributed by atoms with van der Waals surface area (Å²) in [7, 11) is 1.56. The van der Waals surface area contributed by atoms with Crippen LogP contribution in [0.25, 0.3) is 11.4 Å². The Hall–Kier alpha value is -2.71. The average molecular weight is 376 g/mol. The van der Waals surface area contributed by atoms with Crippen molar-refractivity contribution in [1.82, 2.24) is 20.4 Å². The first-order valence-corrected chi connectivity index (χ1v) is 8.06. The summed E-state index contributed by atoms with van der Waals surface area (Å²) in [6, 6.07) is 10.8. The normalized spacial score (nSPS) is 10.3. The predicted molar refractivity (Wildman–Crippen MR) is 98.6 cm³/mol. The lowest BCUT2D eigenvalue weighted by Crippen LogP contribution is -2.28. The van der Waals surface area contributed by atoms with Crippen molar-refractivity contribution in [2.75, 3.05) is 12.4 Å². The van der Waals surface area contributed by atoms with E-state index in [1.807, 2.05) is 18.2 Å². The summed E-state index contributed by atoms with van der Waals surface area (Å²) in [6.07, 6.45) is 1.62. The predicted octanol–water partition coefficient (Wildman–Crippen LogP) is 3.28. The zero-order valence-electron chi connectivity index (χ0n) is 13.2. The van der Waals surface area contributed by atoms with Gasteiger partial charge in [-0.3, -0.25) is 0 Å². The Kier molecular flexibility index (Phi) is 5.42. The minimum Gasteiger partial charge on any atom is -0.481 e. The smallest absolute Gasteiger partial charge is 0.246 e. The van der Waals surface area contributed by atoms with Crippen molar-refractivity contribution in [3.05, 3.63) is 53.5 Å². The number of aromatic nitrogens is 3. The van der Waals surface area contributed by atoms with Gasteiger partial charge in [-0.05, 0) is 30.4 Å². The van der Waals surface area contributed by atoms with Crippen LogP contribution in [0.3, 0.4) is 0 Å². The number of methoxy groups -OCH3 is 1. The van der Waals surface area contributed by atoms with Gasteiger partial charge in [0.05, 0.1) is 25.5 Å². The van der Waals surface area contributed by atoms with E-state index in [4.69, 9.17) is 33.1 Å². The molecular weight excluding hydrogens is 362 g/mol. The van der Waals surface area contributed by atoms with Crippen LogP contribution in [0.1, 0.15) is 5.89 Å². The quantitative estimate of drug-likeness (QED) is 0.657. The minimum atomic E-state index is 0.295. The van der Waals surface area contributed by atoms with Crippen LogP contribution in [0.2, 0.25) is 5.02 Å². The van der Waals surface area contributed by atoms with Gasteiger partial charge < -0.3 is 19.9 Å². The topological polar surface area (TPSA) is 85.1 Å². The Balaban J connectivity index is 1.55. The third-order valence-electron chi connectivity index (χ3n) is 3.15. The van der Waals surface area contributed by atoms with Crippen molar-refractivity contribution in [2.45, 2.75) is 6.54 Å². The maximum atomic E-state index is 5.96. The van der Waals surface area contributed by atoms with Crippen LogP contribution in [0, 0.1) is 0 Å². The number of ether oxygens (including phenoxy) is 1. The summed E-state index contributed by atoms with van der Waals surface area (Å²) in [5, 5.41) is 11.0. The van der Waals surface area contributed by atoms with Crippen LogP contribution in [-0.4, -0.2) is 27.3 Å². The molecule has 0 spiro atoms. The molecule has 0 aliphatic carbocycles. The van der Waals surface area contributed by atoms with Gasteiger partial charge in [0.2, 0.25) is 17.6 Å². The summed E-state index contributed by atoms with van der Waals surface area (Å²) >= 11 is 11.2. The molecule has 2 N–H and O–H groups in total. The largest absolute Gasteiger partial charge is 0.481 e. The molecule has 2 heterocycles. The van der Waals surface area contributed by atoms with Crippen molar-refractivity contribution in [2.24, 2.45) is 0 Å². The second-order valence-corrected chi connectivity index (χ2v) is 5.76. The SMILES string of the molecule is COc1ccc(NC(=S)NCc2nc(-c3cccc(Cl)c3)no2)cn1. The van der Waals surface area contributed by atoms with Gasteiger partial charge in [0, 0.05) is 16.7 Å². The molecule has 3 aromatic rings. The molecule has 7 nitrogen and oxygen atoms in total. The van der Waals surface area contributed by atoms with Gasteiger partial charge in [-0.1, -0.05) is 28.9 Å². The average Bonchev–Trinajstić information content (AvgIpc) is 3.10. The van der Waals surface area contributed by atoms with Crippen LogP contribution < -0.4 is 15.4 Å². The summed E-state index contributed by atoms with van der Waals surface area (Å²) < 4.78 is 10.2. The van der Waals surface area contributed by atoms with E-state index in [2.05, 4.69) is 25.8 Å². The van der Waals surface area contributed by atoms with Crippen molar-refractivity contribution < 1.29 is 9.26 Å². The summed E-state index contributed by atoms with van der Waals surface area (Å²) in [4.78, 5) is 8.40. The van der Waals surface area contributed by atoms with E-state index in [0.29, 0.717) is 34.3 Å². The summed E-state index contributed by atoms with van der Waals surface area (Å²) in [5.41, 5.74) is 1.52. The highest BCUT2D eigenvalue weighted by molar-refractivity contribution is 7.80. The molecule has 0 fully saturated rings. The molecule has 1 aromatic carbocycles. The lowest BCUT2D eigenvalue weighted by Gasteiger charge is -2.08. The number of benzene rings is 1. The van der Waals surface area contributed by atoms with Gasteiger partial charge in [0.1, 0.15) is 0 Å². The lowest BCUT2D eigenvalue weighted by molar-refractivity contribution is 0.376. The second-order valence-electron chi connectivity index (χ2n) is 4.92. The van der Waals surface area contributed by atoms with Gasteiger partial charge in [-0.15, -0.1) is 0 Å². The molecule has 0 radical (unpaired) electrons. The van der Waals surface area contributed by atoms with Crippen molar-refractivity contribution in [1.29, 1.82) is 0 Å². The molecule has 25 heavy (non-hydrogen) atoms. The second kappa shape index (κ2) is 7.91. The maximum absolute atomic E-state index is 5.96. The minimum absolute atomic E-state index is 0.295. The fourth-order valence-electron chi connectivity index (χ4n) is 1.98. The number of anilines is 1. The molecule has 0 bridgehead atoms. The Bertz CT molecular complexity index is 869. The van der Waals surface area contributed by atoms with Crippen molar-refractivity contribution >= 4 is 34.6 Å². The Morgan fingerprint density at radius 3 is 2.92 bits per heavy atom. The Morgan fingerprint density at radius 2 is 2.20 bits per heavy atom. The van der Waals surface area contributed by atoms with Gasteiger partial charge in [0.25, 0.3) is 0 Å². The molecule has 0 atom stereocenters. The molecule has 2 aromatic heterocycles. The molecule has 0 saturated heterocycles. The van der Waals surface area contributed by atoms with Crippen molar-refractivity contribution in [3.8, 4) is 17.3 Å². The van der Waals surface area contributed by atoms with Crippen LogP contribution in [0.4, 0.5) is 5.69 Å². The van der Waals surface area contributed by atoms with Crippen LogP contribution in [0.5, 0.6) is 5.88 Å². The molecule has 0 unspecified atom stereocenters. The van der Waals surface area contributed by atoms with E-state index in [9.17, 15) is 0 Å². The Labute approximate surface area is 154 Å². The summed E-state index contributed by atoms with van der Waals surface area (Å²) in [6.45, 7) is 0.295. The van der Waals surface area contributed by atoms with E-state index < -0.39 is 0 Å². The number of rotatable bonds is 5. The highest BCUT2D eigenvalue weighted by atomic mass is 35.5. The number of thiocarbonyl (C=S) groups is 1. The molecule has 9 heteroatoms. The number of pyridine rings is 1. The molecule has 128 valence electrons. The van der Waals surface area contributed by atoms with Gasteiger partial charge in [-0.25, -0.2) is 4.98 Å². The lowest BCUT2D eigenvalue weighted by atomic mass is 10.2. The Morgan fingerprint density at radius 1 is 1.32 bits per heavy atom. The van der Waals surface area contributed by atoms with Gasteiger partial charge in [0.15, 0.2) is 5.11 Å². The number of nitrogens with zero attached hydrogens (tertiary/aromatic N) is 3. The van der Waals surface area contributed by atoms with E-state index in [-0.39, 0.29) is 0 Å². The first-order chi connectivity index (χ1) is 12.1. The van der Waals surface area contributed by atoms with E-state index in [1.165, 1.54) is 0 Å². The maximum Gasteiger partial charge on any atom is 0.246 e. The number of nitrogens with one attached hydrogen (secondary N) is 2. The van der Waals surface area contributed by atoms with Crippen LogP contribution in [-0.2, 0) is 6.54 Å². The summed E-state index contributed by atoms with van der Waals surface area (Å²) in [5.74, 6) is 1.41. The molecule has 0 amide bonds. The van der Waals surface area contributed by atoms with Crippen LogP contribution >= 0.6 is 23.8 Å². The standard InChI is InChI=1S/C16H14ClN5O2S/c1-23-13-6-5-12(8-18-13)20-16(25)19-9-14-21-15(22-24-14)10-3-2-4-11(17)7-10/h2-8H,9H2,1H3,(H2,19,20,25). The zero-order chi connectivity index (χ0) is 17.6. The highest BCUT2D eigenvalue weighted by Crippen LogP contribution is 2.19. The zero-order valence-corrected chi connectivity index (χ0v) is 14.8. The van der Waals surface area contributed by atoms with Gasteiger partial charge >= 0.3 is 0 Å². The van der Waals surface area contributed by atoms with E-state index in [0.717, 1.165) is 11.3 Å². The fourth-order valence-corrected chi connectivity index (χ4v) is 2.36. The van der Waals surface area contributed by atoms with Crippen LogP contribution in [0.15, 0.2) is 47.1 Å². The first-order valence-electron chi connectivity index (χ1n) is 7.27. The molecular formula is C16H14ClN5O2S. The van der Waals surface area contributed by atoms with Crippen molar-refractivity contribution in [3.63, 3.8) is 0 Å². The fraction of sp³-hybridized carbons (Fsp3) is 0.125. The number of hydrogen-bond donors (Lipinski definition) is 2. The molecule has 3 rings (SSSR count). The highest BCUT2D eigenvalue weighted by Gasteiger charge is 2.09. The third-order valence-corrected chi connectivity index (χ3v) is 3.64. The van der Waals surface area contributed by atoms with E-state index in [1.54, 1.807) is 31.5 Å².